The molecular weight excluding hydrogens is 244 g/mol. The van der Waals surface area contributed by atoms with Crippen molar-refractivity contribution in [1.82, 2.24) is 10.2 Å². The molecule has 1 N–H and O–H groups in total. The van der Waals surface area contributed by atoms with E-state index in [-0.39, 0.29) is 5.54 Å². The predicted octanol–water partition coefficient (Wildman–Crippen LogP) is 4.05. The van der Waals surface area contributed by atoms with Crippen LogP contribution in [-0.4, -0.2) is 24.0 Å². The fraction of sp³-hybridized carbons (Fsp3) is 0.667. The summed E-state index contributed by atoms with van der Waals surface area (Å²) in [6.07, 6.45) is 1.16. The zero-order valence-electron chi connectivity index (χ0n) is 14.2. The first-order valence-electron chi connectivity index (χ1n) is 7.85. The molecule has 1 aromatic carbocycles. The molecule has 2 heteroatoms. The van der Waals surface area contributed by atoms with Gasteiger partial charge in [0.25, 0.3) is 0 Å². The van der Waals surface area contributed by atoms with Gasteiger partial charge in [0.15, 0.2) is 0 Å². The molecule has 0 saturated carbocycles. The van der Waals surface area contributed by atoms with E-state index in [1.807, 2.05) is 0 Å². The summed E-state index contributed by atoms with van der Waals surface area (Å²) >= 11 is 0. The standard InChI is InChI=1S/C18H32N2/c1-7-18(4,5)20(6)14-17-11-9-8-10-16(17)13-19-12-15(2)3/h8-11,15,19H,7,12-14H2,1-6H3. The zero-order chi connectivity index (χ0) is 15.2. The molecule has 0 saturated heterocycles. The Morgan fingerprint density at radius 1 is 1.15 bits per heavy atom. The van der Waals surface area contributed by atoms with Crippen molar-refractivity contribution in [2.24, 2.45) is 5.92 Å². The second-order valence-corrected chi connectivity index (χ2v) is 6.82. The summed E-state index contributed by atoms with van der Waals surface area (Å²) < 4.78 is 0. The van der Waals surface area contributed by atoms with E-state index in [1.54, 1.807) is 0 Å². The Kier molecular flexibility index (Phi) is 6.70. The minimum absolute atomic E-state index is 0.248. The first-order chi connectivity index (χ1) is 9.36. The van der Waals surface area contributed by atoms with Crippen molar-refractivity contribution in [1.29, 1.82) is 0 Å². The van der Waals surface area contributed by atoms with Gasteiger partial charge in [0, 0.05) is 18.6 Å². The molecule has 0 fully saturated rings. The van der Waals surface area contributed by atoms with E-state index in [9.17, 15) is 0 Å². The average molecular weight is 276 g/mol. The maximum Gasteiger partial charge on any atom is 0.0239 e. The molecule has 0 radical (unpaired) electrons. The maximum atomic E-state index is 3.55. The summed E-state index contributed by atoms with van der Waals surface area (Å²) in [4.78, 5) is 2.45. The van der Waals surface area contributed by atoms with Crippen molar-refractivity contribution >= 4 is 0 Å². The van der Waals surface area contributed by atoms with Gasteiger partial charge in [-0.3, -0.25) is 4.90 Å². The molecule has 0 aliphatic carbocycles. The number of rotatable bonds is 8. The lowest BCUT2D eigenvalue weighted by Crippen LogP contribution is -2.40. The summed E-state index contributed by atoms with van der Waals surface area (Å²) in [5.41, 5.74) is 3.11. The molecule has 114 valence electrons. The highest BCUT2D eigenvalue weighted by Gasteiger charge is 2.21. The Morgan fingerprint density at radius 2 is 1.75 bits per heavy atom. The fourth-order valence-corrected chi connectivity index (χ4v) is 2.12. The van der Waals surface area contributed by atoms with Gasteiger partial charge in [-0.1, -0.05) is 45.0 Å². The summed E-state index contributed by atoms with van der Waals surface area (Å²) in [7, 11) is 2.22. The van der Waals surface area contributed by atoms with Crippen molar-refractivity contribution in [3.8, 4) is 0 Å². The zero-order valence-corrected chi connectivity index (χ0v) is 14.2. The molecule has 0 spiro atoms. The van der Waals surface area contributed by atoms with Crippen LogP contribution in [0.2, 0.25) is 0 Å². The predicted molar refractivity (Wildman–Crippen MR) is 88.8 cm³/mol. The Morgan fingerprint density at radius 3 is 2.30 bits per heavy atom. The lowest BCUT2D eigenvalue weighted by molar-refractivity contribution is 0.142. The van der Waals surface area contributed by atoms with Crippen molar-refractivity contribution in [3.05, 3.63) is 35.4 Å². The third-order valence-electron chi connectivity index (χ3n) is 4.29. The molecule has 2 nitrogen and oxygen atoms in total. The van der Waals surface area contributed by atoms with E-state index in [1.165, 1.54) is 11.1 Å². The minimum Gasteiger partial charge on any atom is -0.312 e. The summed E-state index contributed by atoms with van der Waals surface area (Å²) in [6, 6.07) is 8.79. The molecule has 20 heavy (non-hydrogen) atoms. The molecule has 0 aromatic heterocycles. The molecule has 0 unspecified atom stereocenters. The quantitative estimate of drug-likeness (QED) is 0.770. The van der Waals surface area contributed by atoms with E-state index >= 15 is 0 Å². The van der Waals surface area contributed by atoms with Crippen LogP contribution >= 0.6 is 0 Å². The highest BCUT2D eigenvalue weighted by molar-refractivity contribution is 5.27. The van der Waals surface area contributed by atoms with Gasteiger partial charge in [0.05, 0.1) is 0 Å². The van der Waals surface area contributed by atoms with Gasteiger partial charge >= 0.3 is 0 Å². The smallest absolute Gasteiger partial charge is 0.0239 e. The highest BCUT2D eigenvalue weighted by atomic mass is 15.2. The van der Waals surface area contributed by atoms with Crippen molar-refractivity contribution in [3.63, 3.8) is 0 Å². The Balaban J connectivity index is 2.70. The monoisotopic (exact) mass is 276 g/mol. The highest BCUT2D eigenvalue weighted by Crippen LogP contribution is 2.20. The lowest BCUT2D eigenvalue weighted by atomic mass is 9.98. The average Bonchev–Trinajstić information content (AvgIpc) is 2.40. The van der Waals surface area contributed by atoms with Crippen LogP contribution in [0, 0.1) is 5.92 Å². The van der Waals surface area contributed by atoms with Crippen LogP contribution < -0.4 is 5.32 Å². The number of nitrogens with zero attached hydrogens (tertiary/aromatic N) is 1. The minimum atomic E-state index is 0.248. The molecule has 0 amide bonds. The third kappa shape index (κ3) is 5.26. The van der Waals surface area contributed by atoms with Gasteiger partial charge in [0.1, 0.15) is 0 Å². The van der Waals surface area contributed by atoms with Crippen LogP contribution in [0.3, 0.4) is 0 Å². The molecule has 1 aromatic rings. The van der Waals surface area contributed by atoms with Crippen molar-refractivity contribution in [2.75, 3.05) is 13.6 Å². The van der Waals surface area contributed by atoms with Gasteiger partial charge < -0.3 is 5.32 Å². The van der Waals surface area contributed by atoms with E-state index in [0.29, 0.717) is 5.92 Å². The van der Waals surface area contributed by atoms with E-state index < -0.39 is 0 Å². The molecule has 0 heterocycles. The first kappa shape index (κ1) is 17.2. The normalized spacial score (nSPS) is 12.4. The van der Waals surface area contributed by atoms with Gasteiger partial charge in [0.2, 0.25) is 0 Å². The van der Waals surface area contributed by atoms with Gasteiger partial charge in [-0.15, -0.1) is 0 Å². The van der Waals surface area contributed by atoms with Crippen LogP contribution in [0.4, 0.5) is 0 Å². The SMILES string of the molecule is CCC(C)(C)N(C)Cc1ccccc1CNCC(C)C. The van der Waals surface area contributed by atoms with Crippen LogP contribution in [-0.2, 0) is 13.1 Å². The van der Waals surface area contributed by atoms with Crippen molar-refractivity contribution in [2.45, 2.75) is 59.7 Å². The Bertz CT molecular complexity index is 396. The molecule has 1 rings (SSSR count). The number of hydrogen-bond acceptors (Lipinski definition) is 2. The molecule has 0 atom stereocenters. The number of benzene rings is 1. The third-order valence-corrected chi connectivity index (χ3v) is 4.29. The van der Waals surface area contributed by atoms with E-state index in [4.69, 9.17) is 0 Å². The number of hydrogen-bond donors (Lipinski definition) is 1. The number of nitrogens with one attached hydrogen (secondary N) is 1. The van der Waals surface area contributed by atoms with E-state index in [0.717, 1.165) is 26.1 Å². The van der Waals surface area contributed by atoms with Crippen LogP contribution in [0.1, 0.15) is 52.2 Å². The van der Waals surface area contributed by atoms with Crippen molar-refractivity contribution < 1.29 is 0 Å². The van der Waals surface area contributed by atoms with Crippen LogP contribution in [0.5, 0.6) is 0 Å². The summed E-state index contributed by atoms with van der Waals surface area (Å²) in [5.74, 6) is 0.698. The Hall–Kier alpha value is -0.860. The molecule has 0 bridgehead atoms. The second kappa shape index (κ2) is 7.80. The summed E-state index contributed by atoms with van der Waals surface area (Å²) in [5, 5.41) is 3.55. The second-order valence-electron chi connectivity index (χ2n) is 6.82. The van der Waals surface area contributed by atoms with E-state index in [2.05, 4.69) is 76.1 Å². The summed E-state index contributed by atoms with van der Waals surface area (Å²) in [6.45, 7) is 14.4. The fourth-order valence-electron chi connectivity index (χ4n) is 2.12. The lowest BCUT2D eigenvalue weighted by Gasteiger charge is -2.35. The molecule has 0 aliphatic heterocycles. The largest absolute Gasteiger partial charge is 0.312 e. The van der Waals surface area contributed by atoms with Gasteiger partial charge in [-0.05, 0) is 50.9 Å². The first-order valence-corrected chi connectivity index (χ1v) is 7.85. The van der Waals surface area contributed by atoms with Crippen LogP contribution in [0.15, 0.2) is 24.3 Å². The van der Waals surface area contributed by atoms with Gasteiger partial charge in [-0.25, -0.2) is 0 Å². The van der Waals surface area contributed by atoms with Gasteiger partial charge in [-0.2, -0.15) is 0 Å². The Labute approximate surface area is 125 Å². The molecule has 0 aliphatic rings. The topological polar surface area (TPSA) is 15.3 Å². The van der Waals surface area contributed by atoms with Crippen LogP contribution in [0.25, 0.3) is 0 Å². The molecular formula is C18H32N2. The maximum absolute atomic E-state index is 3.55.